The number of nitrogens with zero attached hydrogens (tertiary/aromatic N) is 1. The average molecular weight is 427 g/mol. The van der Waals surface area contributed by atoms with Crippen LogP contribution in [0, 0.1) is 0 Å². The summed E-state index contributed by atoms with van der Waals surface area (Å²) in [6.07, 6.45) is 0. The highest BCUT2D eigenvalue weighted by molar-refractivity contribution is 7.89. The molecule has 0 aliphatic carbocycles. The predicted octanol–water partition coefficient (Wildman–Crippen LogP) is 2.39. The van der Waals surface area contributed by atoms with Gasteiger partial charge in [0.25, 0.3) is 5.91 Å². The number of hydrogen-bond donors (Lipinski definition) is 1. The number of sulfonamides is 1. The van der Waals surface area contributed by atoms with Gasteiger partial charge < -0.3 is 14.8 Å². The van der Waals surface area contributed by atoms with Crippen molar-refractivity contribution in [3.63, 3.8) is 0 Å². The Morgan fingerprint density at radius 1 is 1.14 bits per heavy atom. The van der Waals surface area contributed by atoms with Crippen LogP contribution >= 0.6 is 11.6 Å². The lowest BCUT2D eigenvalue weighted by molar-refractivity contribution is -0.119. The molecule has 8 nitrogen and oxygen atoms in total. The van der Waals surface area contributed by atoms with E-state index < -0.39 is 28.5 Å². The zero-order valence-electron chi connectivity index (χ0n) is 15.4. The molecule has 2 aromatic rings. The molecule has 1 amide bonds. The minimum absolute atomic E-state index is 0.0242. The first-order valence-corrected chi connectivity index (χ1v) is 9.80. The van der Waals surface area contributed by atoms with E-state index in [1.165, 1.54) is 51.5 Å². The van der Waals surface area contributed by atoms with E-state index in [1.807, 2.05) is 0 Å². The van der Waals surface area contributed by atoms with Crippen molar-refractivity contribution in [2.45, 2.75) is 4.90 Å². The summed E-state index contributed by atoms with van der Waals surface area (Å²) in [4.78, 5) is 23.9. The fourth-order valence-electron chi connectivity index (χ4n) is 2.14. The maximum Gasteiger partial charge on any atom is 0.338 e. The quantitative estimate of drug-likeness (QED) is 0.682. The van der Waals surface area contributed by atoms with E-state index in [9.17, 15) is 18.0 Å². The molecule has 0 atom stereocenters. The van der Waals surface area contributed by atoms with Crippen LogP contribution in [0.4, 0.5) is 5.69 Å². The second kappa shape index (κ2) is 9.05. The number of carbonyl (C=O) groups is 2. The minimum atomic E-state index is -3.78. The maximum atomic E-state index is 12.3. The molecule has 2 rings (SSSR count). The fourth-order valence-corrected chi connectivity index (χ4v) is 3.53. The summed E-state index contributed by atoms with van der Waals surface area (Å²) in [7, 11) is 0.426. The van der Waals surface area contributed by atoms with Crippen LogP contribution < -0.4 is 10.1 Å². The Morgan fingerprint density at radius 3 is 2.50 bits per heavy atom. The first-order valence-electron chi connectivity index (χ1n) is 7.98. The number of esters is 1. The summed E-state index contributed by atoms with van der Waals surface area (Å²) in [5, 5.41) is 2.49. The highest BCUT2D eigenvalue weighted by Gasteiger charge is 2.21. The van der Waals surface area contributed by atoms with E-state index in [0.29, 0.717) is 5.75 Å². The summed E-state index contributed by atoms with van der Waals surface area (Å²) in [6, 6.07) is 10.3. The molecule has 0 bridgehead atoms. The predicted molar refractivity (Wildman–Crippen MR) is 104 cm³/mol. The zero-order valence-corrected chi connectivity index (χ0v) is 17.0. The number of nitrogens with one attached hydrogen (secondary N) is 1. The van der Waals surface area contributed by atoms with Crippen LogP contribution in [0.2, 0.25) is 5.02 Å². The van der Waals surface area contributed by atoms with Gasteiger partial charge in [0.2, 0.25) is 10.0 Å². The van der Waals surface area contributed by atoms with E-state index in [2.05, 4.69) is 5.32 Å². The molecule has 1 N–H and O–H groups in total. The highest BCUT2D eigenvalue weighted by Crippen LogP contribution is 2.26. The molecule has 0 spiro atoms. The van der Waals surface area contributed by atoms with Crippen molar-refractivity contribution in [1.29, 1.82) is 0 Å². The molecule has 0 saturated heterocycles. The van der Waals surface area contributed by atoms with Crippen LogP contribution in [0.5, 0.6) is 5.75 Å². The van der Waals surface area contributed by atoms with Gasteiger partial charge in [-0.15, -0.1) is 0 Å². The Bertz CT molecular complexity index is 991. The number of halogens is 1. The molecule has 150 valence electrons. The number of anilines is 1. The molecule has 0 heterocycles. The standard InChI is InChI=1S/C18H19ClN2O6S/c1-21(2)28(24,25)16-10-13(7-8-15(16)19)20-17(22)11-27-18(23)12-5-4-6-14(9-12)26-3/h4-10H,11H2,1-3H3,(H,20,22). The Labute approximate surface area is 168 Å². The third-order valence-corrected chi connectivity index (χ3v) is 5.91. The number of ether oxygens (including phenoxy) is 2. The molecule has 0 aliphatic heterocycles. The van der Waals surface area contributed by atoms with E-state index in [-0.39, 0.29) is 21.2 Å². The van der Waals surface area contributed by atoms with E-state index in [4.69, 9.17) is 21.1 Å². The highest BCUT2D eigenvalue weighted by atomic mass is 35.5. The van der Waals surface area contributed by atoms with Crippen LogP contribution in [0.3, 0.4) is 0 Å². The van der Waals surface area contributed by atoms with Crippen molar-refractivity contribution in [2.75, 3.05) is 33.1 Å². The molecule has 0 aromatic heterocycles. The average Bonchev–Trinajstić information content (AvgIpc) is 2.67. The number of carbonyl (C=O) groups excluding carboxylic acids is 2. The van der Waals surface area contributed by atoms with Crippen LogP contribution in [-0.2, 0) is 19.6 Å². The Balaban J connectivity index is 2.04. The Kier molecular flexibility index (Phi) is 7.00. The lowest BCUT2D eigenvalue weighted by atomic mass is 10.2. The molecule has 0 aliphatic rings. The van der Waals surface area contributed by atoms with E-state index in [0.717, 1.165) is 4.31 Å². The molecule has 0 saturated carbocycles. The SMILES string of the molecule is COc1cccc(C(=O)OCC(=O)Nc2ccc(Cl)c(S(=O)(=O)N(C)C)c2)c1. The van der Waals surface area contributed by atoms with E-state index in [1.54, 1.807) is 12.1 Å². The van der Waals surface area contributed by atoms with E-state index >= 15 is 0 Å². The molecule has 28 heavy (non-hydrogen) atoms. The van der Waals surface area contributed by atoms with Crippen molar-refractivity contribution in [1.82, 2.24) is 4.31 Å². The van der Waals surface area contributed by atoms with Gasteiger partial charge in [0.05, 0.1) is 17.7 Å². The largest absolute Gasteiger partial charge is 0.497 e. The van der Waals surface area contributed by atoms with Crippen molar-refractivity contribution >= 4 is 39.2 Å². The van der Waals surface area contributed by atoms with Crippen molar-refractivity contribution in [3.8, 4) is 5.75 Å². The second-order valence-electron chi connectivity index (χ2n) is 5.79. The minimum Gasteiger partial charge on any atom is -0.497 e. The van der Waals surface area contributed by atoms with Crippen molar-refractivity contribution in [2.24, 2.45) is 0 Å². The molecular weight excluding hydrogens is 408 g/mol. The topological polar surface area (TPSA) is 102 Å². The van der Waals surface area contributed by atoms with Crippen LogP contribution in [0.25, 0.3) is 0 Å². The van der Waals surface area contributed by atoms with Gasteiger partial charge in [-0.3, -0.25) is 4.79 Å². The third-order valence-electron chi connectivity index (χ3n) is 3.61. The third kappa shape index (κ3) is 5.22. The number of methoxy groups -OCH3 is 1. The molecule has 0 radical (unpaired) electrons. The van der Waals surface area contributed by atoms with Crippen molar-refractivity contribution in [3.05, 3.63) is 53.1 Å². The fraction of sp³-hybridized carbons (Fsp3) is 0.222. The molecule has 0 unspecified atom stereocenters. The summed E-state index contributed by atoms with van der Waals surface area (Å²) in [6.45, 7) is -0.547. The van der Waals surface area contributed by atoms with Crippen LogP contribution in [0.15, 0.2) is 47.4 Å². The van der Waals surface area contributed by atoms with Gasteiger partial charge in [0.1, 0.15) is 10.6 Å². The second-order valence-corrected chi connectivity index (χ2v) is 8.32. The smallest absolute Gasteiger partial charge is 0.338 e. The first kappa shape index (κ1) is 21.7. The summed E-state index contributed by atoms with van der Waals surface area (Å²) in [5.41, 5.74) is 0.435. The zero-order chi connectivity index (χ0) is 20.9. The monoisotopic (exact) mass is 426 g/mol. The Morgan fingerprint density at radius 2 is 1.86 bits per heavy atom. The molecule has 2 aromatic carbocycles. The number of rotatable bonds is 7. The van der Waals surface area contributed by atoms with Gasteiger partial charge in [-0.1, -0.05) is 17.7 Å². The van der Waals surface area contributed by atoms with Gasteiger partial charge >= 0.3 is 5.97 Å². The maximum absolute atomic E-state index is 12.3. The number of benzene rings is 2. The van der Waals surface area contributed by atoms with Gasteiger partial charge in [-0.05, 0) is 36.4 Å². The molecular formula is C18H19ClN2O6S. The Hall–Kier alpha value is -2.62. The molecule has 0 fully saturated rings. The number of amides is 1. The van der Waals surface area contributed by atoms with Gasteiger partial charge in [0, 0.05) is 19.8 Å². The molecule has 10 heteroatoms. The first-order chi connectivity index (χ1) is 13.1. The van der Waals surface area contributed by atoms with Gasteiger partial charge in [-0.2, -0.15) is 0 Å². The number of hydrogen-bond acceptors (Lipinski definition) is 6. The van der Waals surface area contributed by atoms with Crippen LogP contribution in [-0.4, -0.2) is 52.4 Å². The van der Waals surface area contributed by atoms with Gasteiger partial charge in [-0.25, -0.2) is 17.5 Å². The lowest BCUT2D eigenvalue weighted by Crippen LogP contribution is -2.23. The summed E-state index contributed by atoms with van der Waals surface area (Å²) in [5.74, 6) is -0.845. The van der Waals surface area contributed by atoms with Crippen molar-refractivity contribution < 1.29 is 27.5 Å². The summed E-state index contributed by atoms with van der Waals surface area (Å²) >= 11 is 5.96. The summed E-state index contributed by atoms with van der Waals surface area (Å²) < 4.78 is 35.5. The lowest BCUT2D eigenvalue weighted by Gasteiger charge is -2.14. The van der Waals surface area contributed by atoms with Crippen LogP contribution in [0.1, 0.15) is 10.4 Å². The van der Waals surface area contributed by atoms with Gasteiger partial charge in [0.15, 0.2) is 6.61 Å². The normalized spacial score (nSPS) is 11.2.